The molecule has 1 fully saturated rings. The van der Waals surface area contributed by atoms with Crippen molar-refractivity contribution in [1.82, 2.24) is 14.9 Å². The summed E-state index contributed by atoms with van der Waals surface area (Å²) in [5.74, 6) is 0.761. The molecular formula is C15H19N3S. The summed E-state index contributed by atoms with van der Waals surface area (Å²) >= 11 is 1.78. The van der Waals surface area contributed by atoms with Crippen molar-refractivity contribution in [3.8, 4) is 0 Å². The predicted molar refractivity (Wildman–Crippen MR) is 78.1 cm³/mol. The van der Waals surface area contributed by atoms with Gasteiger partial charge in [-0.05, 0) is 36.9 Å². The van der Waals surface area contributed by atoms with Gasteiger partial charge in [0.05, 0.1) is 5.01 Å². The van der Waals surface area contributed by atoms with Crippen molar-refractivity contribution < 1.29 is 0 Å². The lowest BCUT2D eigenvalue weighted by Crippen LogP contribution is -2.35. The van der Waals surface area contributed by atoms with Crippen LogP contribution >= 0.6 is 11.3 Å². The predicted octanol–water partition coefficient (Wildman–Crippen LogP) is 2.99. The summed E-state index contributed by atoms with van der Waals surface area (Å²) in [5, 5.41) is 3.36. The van der Waals surface area contributed by atoms with Crippen LogP contribution in [0.5, 0.6) is 0 Å². The average molecular weight is 273 g/mol. The number of thiazole rings is 1. The van der Waals surface area contributed by atoms with Crippen molar-refractivity contribution in [2.75, 3.05) is 13.1 Å². The van der Waals surface area contributed by atoms with Gasteiger partial charge in [0.1, 0.15) is 0 Å². The number of hydrogen-bond donors (Lipinski definition) is 0. The first-order valence-corrected chi connectivity index (χ1v) is 7.78. The number of pyridine rings is 1. The molecule has 4 heteroatoms. The van der Waals surface area contributed by atoms with Crippen molar-refractivity contribution in [3.05, 3.63) is 46.7 Å². The summed E-state index contributed by atoms with van der Waals surface area (Å²) in [4.78, 5) is 11.2. The third-order valence-corrected chi connectivity index (χ3v) is 4.48. The topological polar surface area (TPSA) is 29.0 Å². The van der Waals surface area contributed by atoms with Crippen LogP contribution in [0.2, 0.25) is 0 Å². The molecule has 1 aliphatic heterocycles. The minimum atomic E-state index is 0.761. The smallest absolute Gasteiger partial charge is 0.0928 e. The zero-order chi connectivity index (χ0) is 12.9. The van der Waals surface area contributed by atoms with E-state index in [1.807, 2.05) is 24.7 Å². The molecule has 2 aromatic rings. The zero-order valence-electron chi connectivity index (χ0n) is 11.0. The Kier molecular flexibility index (Phi) is 4.20. The van der Waals surface area contributed by atoms with Gasteiger partial charge >= 0.3 is 0 Å². The van der Waals surface area contributed by atoms with E-state index in [4.69, 9.17) is 0 Å². The lowest BCUT2D eigenvalue weighted by molar-refractivity contribution is 0.167. The Morgan fingerprint density at radius 3 is 3.16 bits per heavy atom. The highest BCUT2D eigenvalue weighted by Crippen LogP contribution is 2.22. The largest absolute Gasteiger partial charge is 0.299 e. The lowest BCUT2D eigenvalue weighted by atomic mass is 9.95. The summed E-state index contributed by atoms with van der Waals surface area (Å²) in [5.41, 5.74) is 1.32. The molecule has 0 radical (unpaired) electrons. The fourth-order valence-electron chi connectivity index (χ4n) is 2.81. The Bertz CT molecular complexity index is 483. The fourth-order valence-corrected chi connectivity index (χ4v) is 3.54. The number of likely N-dealkylation sites (tertiary alicyclic amines) is 1. The van der Waals surface area contributed by atoms with Gasteiger partial charge in [-0.1, -0.05) is 6.07 Å². The molecule has 0 aliphatic carbocycles. The molecule has 19 heavy (non-hydrogen) atoms. The Morgan fingerprint density at radius 1 is 1.37 bits per heavy atom. The van der Waals surface area contributed by atoms with Gasteiger partial charge in [-0.15, -0.1) is 11.3 Å². The summed E-state index contributed by atoms with van der Waals surface area (Å²) in [6, 6.07) is 4.18. The van der Waals surface area contributed by atoms with Gasteiger partial charge in [0.15, 0.2) is 0 Å². The second-order valence-corrected chi connectivity index (χ2v) is 6.21. The van der Waals surface area contributed by atoms with Crippen LogP contribution in [-0.4, -0.2) is 28.0 Å². The van der Waals surface area contributed by atoms with Crippen LogP contribution < -0.4 is 0 Å². The molecule has 0 N–H and O–H groups in total. The first-order chi connectivity index (χ1) is 9.40. The molecule has 100 valence electrons. The summed E-state index contributed by atoms with van der Waals surface area (Å²) in [6.45, 7) is 3.43. The maximum absolute atomic E-state index is 4.41. The molecule has 0 bridgehead atoms. The molecule has 1 saturated heterocycles. The number of rotatable bonds is 4. The summed E-state index contributed by atoms with van der Waals surface area (Å²) in [6.07, 6.45) is 9.51. The maximum atomic E-state index is 4.41. The Labute approximate surface area is 118 Å². The van der Waals surface area contributed by atoms with Gasteiger partial charge in [-0.25, -0.2) is 4.98 Å². The van der Waals surface area contributed by atoms with Gasteiger partial charge in [-0.2, -0.15) is 0 Å². The van der Waals surface area contributed by atoms with E-state index in [-0.39, 0.29) is 0 Å². The third-order valence-electron chi connectivity index (χ3n) is 3.68. The van der Waals surface area contributed by atoms with Crippen molar-refractivity contribution >= 4 is 11.3 Å². The highest BCUT2D eigenvalue weighted by Gasteiger charge is 2.20. The Balaban J connectivity index is 1.56. The molecule has 3 heterocycles. The highest BCUT2D eigenvalue weighted by atomic mass is 32.1. The lowest BCUT2D eigenvalue weighted by Gasteiger charge is -2.32. The normalized spacial score (nSPS) is 20.5. The van der Waals surface area contributed by atoms with E-state index in [2.05, 4.69) is 26.3 Å². The number of aromatic nitrogens is 2. The van der Waals surface area contributed by atoms with Crippen molar-refractivity contribution in [3.63, 3.8) is 0 Å². The van der Waals surface area contributed by atoms with E-state index in [0.717, 1.165) is 18.9 Å². The molecule has 1 aliphatic rings. The first-order valence-electron chi connectivity index (χ1n) is 6.90. The second kappa shape index (κ2) is 6.26. The van der Waals surface area contributed by atoms with Crippen LogP contribution in [-0.2, 0) is 13.0 Å². The van der Waals surface area contributed by atoms with E-state index < -0.39 is 0 Å². The van der Waals surface area contributed by atoms with Crippen molar-refractivity contribution in [2.24, 2.45) is 5.92 Å². The van der Waals surface area contributed by atoms with E-state index >= 15 is 0 Å². The van der Waals surface area contributed by atoms with Crippen LogP contribution in [0, 0.1) is 5.92 Å². The molecule has 2 aromatic heterocycles. The van der Waals surface area contributed by atoms with Crippen LogP contribution in [0.25, 0.3) is 0 Å². The molecule has 0 unspecified atom stereocenters. The Morgan fingerprint density at radius 2 is 2.37 bits per heavy atom. The van der Waals surface area contributed by atoms with E-state index in [9.17, 15) is 0 Å². The molecule has 0 amide bonds. The minimum absolute atomic E-state index is 0.761. The number of nitrogens with zero attached hydrogens (tertiary/aromatic N) is 3. The fraction of sp³-hybridized carbons (Fsp3) is 0.467. The van der Waals surface area contributed by atoms with Crippen LogP contribution in [0.4, 0.5) is 0 Å². The third kappa shape index (κ3) is 3.61. The summed E-state index contributed by atoms with van der Waals surface area (Å²) in [7, 11) is 0. The van der Waals surface area contributed by atoms with Gasteiger partial charge in [0, 0.05) is 43.5 Å². The molecule has 0 spiro atoms. The number of hydrogen-bond acceptors (Lipinski definition) is 4. The van der Waals surface area contributed by atoms with Gasteiger partial charge in [-0.3, -0.25) is 9.88 Å². The maximum Gasteiger partial charge on any atom is 0.0928 e. The average Bonchev–Trinajstić information content (AvgIpc) is 2.93. The van der Waals surface area contributed by atoms with Crippen molar-refractivity contribution in [1.29, 1.82) is 0 Å². The van der Waals surface area contributed by atoms with Gasteiger partial charge in [0.25, 0.3) is 0 Å². The van der Waals surface area contributed by atoms with Gasteiger partial charge in [0.2, 0.25) is 0 Å². The monoisotopic (exact) mass is 273 g/mol. The molecule has 1 atom stereocenters. The van der Waals surface area contributed by atoms with Crippen molar-refractivity contribution in [2.45, 2.75) is 25.8 Å². The second-order valence-electron chi connectivity index (χ2n) is 5.23. The SMILES string of the molecule is c1cncc(CN2CCC[C@H](Cc3nccs3)C2)c1. The quantitative estimate of drug-likeness (QED) is 0.857. The zero-order valence-corrected chi connectivity index (χ0v) is 11.9. The molecule has 3 rings (SSSR count). The standard InChI is InChI=1S/C15H19N3S/c1-3-14(10-16-5-1)12-18-7-2-4-13(11-18)9-15-17-6-8-19-15/h1,3,5-6,8,10,13H,2,4,7,9,11-12H2/t13-/m1/s1. The first kappa shape index (κ1) is 12.8. The van der Waals surface area contributed by atoms with Crippen LogP contribution in [0.15, 0.2) is 36.1 Å². The molecule has 0 saturated carbocycles. The highest BCUT2D eigenvalue weighted by molar-refractivity contribution is 7.09. The minimum Gasteiger partial charge on any atom is -0.299 e. The summed E-state index contributed by atoms with van der Waals surface area (Å²) < 4.78 is 0. The van der Waals surface area contributed by atoms with E-state index in [1.165, 1.54) is 36.5 Å². The van der Waals surface area contributed by atoms with Gasteiger partial charge < -0.3 is 0 Å². The molecule has 3 nitrogen and oxygen atoms in total. The Hall–Kier alpha value is -1.26. The molecule has 0 aromatic carbocycles. The van der Waals surface area contributed by atoms with Crippen LogP contribution in [0.3, 0.4) is 0 Å². The van der Waals surface area contributed by atoms with E-state index in [1.54, 1.807) is 11.3 Å². The number of piperidine rings is 1. The molecular weight excluding hydrogens is 254 g/mol. The van der Waals surface area contributed by atoms with Crippen LogP contribution in [0.1, 0.15) is 23.4 Å². The van der Waals surface area contributed by atoms with E-state index in [0.29, 0.717) is 0 Å².